The van der Waals surface area contributed by atoms with Gasteiger partial charge in [0, 0.05) is 6.04 Å². The second-order valence-corrected chi connectivity index (χ2v) is 5.04. The van der Waals surface area contributed by atoms with E-state index in [1.54, 1.807) is 13.0 Å². The van der Waals surface area contributed by atoms with E-state index in [9.17, 15) is 4.79 Å². The number of carbonyl (C=O) groups is 1. The van der Waals surface area contributed by atoms with Crippen LogP contribution in [-0.4, -0.2) is 23.5 Å². The Kier molecular flexibility index (Phi) is 5.77. The molecular formula is C13H16BrN3O2. The summed E-state index contributed by atoms with van der Waals surface area (Å²) in [6.07, 6.45) is 0.865. The first-order valence-corrected chi connectivity index (χ1v) is 6.76. The molecule has 0 unspecified atom stereocenters. The van der Waals surface area contributed by atoms with E-state index in [0.29, 0.717) is 21.6 Å². The van der Waals surface area contributed by atoms with Gasteiger partial charge in [0.2, 0.25) is 5.88 Å². The van der Waals surface area contributed by atoms with Crippen LogP contribution in [-0.2, 0) is 4.79 Å². The molecule has 0 saturated carbocycles. The Hall–Kier alpha value is -1.61. The van der Waals surface area contributed by atoms with Gasteiger partial charge in [0.05, 0.1) is 15.7 Å². The number of nitriles is 1. The summed E-state index contributed by atoms with van der Waals surface area (Å²) >= 11 is 3.27. The van der Waals surface area contributed by atoms with E-state index in [1.807, 2.05) is 19.9 Å². The highest BCUT2D eigenvalue weighted by molar-refractivity contribution is 9.10. The lowest BCUT2D eigenvalue weighted by atomic mass is 10.2. The summed E-state index contributed by atoms with van der Waals surface area (Å²) in [5.74, 6) is 0.126. The van der Waals surface area contributed by atoms with Gasteiger partial charge in [-0.25, -0.2) is 4.98 Å². The van der Waals surface area contributed by atoms with Gasteiger partial charge in [0.15, 0.2) is 6.61 Å². The number of nitrogens with zero attached hydrogens (tertiary/aromatic N) is 2. The number of nitrogens with one attached hydrogen (secondary N) is 1. The van der Waals surface area contributed by atoms with Crippen LogP contribution in [0.4, 0.5) is 0 Å². The van der Waals surface area contributed by atoms with Crippen molar-refractivity contribution in [2.24, 2.45) is 0 Å². The van der Waals surface area contributed by atoms with Crippen molar-refractivity contribution in [3.8, 4) is 11.9 Å². The first-order chi connectivity index (χ1) is 8.97. The molecule has 0 radical (unpaired) electrons. The van der Waals surface area contributed by atoms with Crippen molar-refractivity contribution in [3.63, 3.8) is 0 Å². The molecule has 102 valence electrons. The molecule has 5 nitrogen and oxygen atoms in total. The molecule has 1 atom stereocenters. The van der Waals surface area contributed by atoms with Crippen molar-refractivity contribution in [3.05, 3.63) is 21.8 Å². The molecule has 0 bridgehead atoms. The Bertz CT molecular complexity index is 511. The Morgan fingerprint density at radius 3 is 2.95 bits per heavy atom. The summed E-state index contributed by atoms with van der Waals surface area (Å²) in [7, 11) is 0. The Labute approximate surface area is 121 Å². The molecule has 0 aliphatic heterocycles. The average molecular weight is 326 g/mol. The number of aromatic nitrogens is 1. The molecule has 0 spiro atoms. The van der Waals surface area contributed by atoms with Crippen LogP contribution in [0.5, 0.6) is 5.88 Å². The molecule has 0 fully saturated rings. The SMILES string of the molecule is CC[C@@H](C)NC(=O)COc1nc(C)c(C#N)cc1Br. The molecule has 0 aromatic carbocycles. The Morgan fingerprint density at radius 1 is 1.68 bits per heavy atom. The third kappa shape index (κ3) is 4.52. The quantitative estimate of drug-likeness (QED) is 0.901. The first kappa shape index (κ1) is 15.4. The topological polar surface area (TPSA) is 75.0 Å². The molecule has 6 heteroatoms. The normalized spacial score (nSPS) is 11.5. The number of hydrogen-bond donors (Lipinski definition) is 1. The molecular weight excluding hydrogens is 310 g/mol. The Morgan fingerprint density at radius 2 is 2.37 bits per heavy atom. The maximum absolute atomic E-state index is 11.6. The summed E-state index contributed by atoms with van der Waals surface area (Å²) in [6, 6.07) is 3.78. The zero-order chi connectivity index (χ0) is 14.4. The minimum atomic E-state index is -0.190. The summed E-state index contributed by atoms with van der Waals surface area (Å²) < 4.78 is 5.91. The fraction of sp³-hybridized carbons (Fsp3) is 0.462. The van der Waals surface area contributed by atoms with Crippen molar-refractivity contribution in [2.75, 3.05) is 6.61 Å². The van der Waals surface area contributed by atoms with Gasteiger partial charge < -0.3 is 10.1 Å². The van der Waals surface area contributed by atoms with Gasteiger partial charge >= 0.3 is 0 Å². The van der Waals surface area contributed by atoms with E-state index >= 15 is 0 Å². The summed E-state index contributed by atoms with van der Waals surface area (Å²) in [6.45, 7) is 5.55. The minimum Gasteiger partial charge on any atom is -0.467 e. The number of aryl methyl sites for hydroxylation is 1. The molecule has 1 aromatic rings. The van der Waals surface area contributed by atoms with Crippen LogP contribution < -0.4 is 10.1 Å². The van der Waals surface area contributed by atoms with E-state index in [4.69, 9.17) is 10.00 Å². The van der Waals surface area contributed by atoms with Crippen molar-refractivity contribution >= 4 is 21.8 Å². The fourth-order valence-corrected chi connectivity index (χ4v) is 1.76. The highest BCUT2D eigenvalue weighted by Gasteiger charge is 2.11. The third-order valence-corrected chi connectivity index (χ3v) is 3.18. The zero-order valence-electron chi connectivity index (χ0n) is 11.2. The van der Waals surface area contributed by atoms with Crippen molar-refractivity contribution in [1.29, 1.82) is 5.26 Å². The molecule has 1 heterocycles. The van der Waals surface area contributed by atoms with Crippen molar-refractivity contribution in [1.82, 2.24) is 10.3 Å². The van der Waals surface area contributed by atoms with Crippen LogP contribution in [0.3, 0.4) is 0 Å². The van der Waals surface area contributed by atoms with Crippen LogP contribution in [0.15, 0.2) is 10.5 Å². The molecule has 1 amide bonds. The molecule has 0 aliphatic rings. The molecule has 19 heavy (non-hydrogen) atoms. The van der Waals surface area contributed by atoms with Crippen molar-refractivity contribution in [2.45, 2.75) is 33.2 Å². The highest BCUT2D eigenvalue weighted by Crippen LogP contribution is 2.24. The van der Waals surface area contributed by atoms with Gasteiger partial charge in [-0.3, -0.25) is 4.79 Å². The lowest BCUT2D eigenvalue weighted by Crippen LogP contribution is -2.35. The summed E-state index contributed by atoms with van der Waals surface area (Å²) in [5.41, 5.74) is 1.05. The monoisotopic (exact) mass is 325 g/mol. The van der Waals surface area contributed by atoms with E-state index in [1.165, 1.54) is 0 Å². The standard InChI is InChI=1S/C13H16BrN3O2/c1-4-8(2)16-12(18)7-19-13-11(14)5-10(6-15)9(3)17-13/h5,8H,4,7H2,1-3H3,(H,16,18)/t8-/m1/s1. The van der Waals surface area contributed by atoms with E-state index in [2.05, 4.69) is 26.2 Å². The Balaban J connectivity index is 2.66. The van der Waals surface area contributed by atoms with Crippen LogP contribution in [0.25, 0.3) is 0 Å². The second kappa shape index (κ2) is 7.10. The molecule has 1 N–H and O–H groups in total. The molecule has 1 aromatic heterocycles. The molecule has 1 rings (SSSR count). The number of ether oxygens (including phenoxy) is 1. The fourth-order valence-electron chi connectivity index (χ4n) is 1.33. The van der Waals surface area contributed by atoms with E-state index in [-0.39, 0.29) is 18.6 Å². The predicted octanol–water partition coefficient (Wildman–Crippen LogP) is 2.32. The zero-order valence-corrected chi connectivity index (χ0v) is 12.7. The predicted molar refractivity (Wildman–Crippen MR) is 74.8 cm³/mol. The number of amides is 1. The van der Waals surface area contributed by atoms with Gasteiger partial charge in [0.1, 0.15) is 6.07 Å². The number of hydrogen-bond acceptors (Lipinski definition) is 4. The van der Waals surface area contributed by atoms with Gasteiger partial charge in [-0.1, -0.05) is 6.92 Å². The van der Waals surface area contributed by atoms with E-state index in [0.717, 1.165) is 6.42 Å². The highest BCUT2D eigenvalue weighted by atomic mass is 79.9. The number of halogens is 1. The number of pyridine rings is 1. The maximum atomic E-state index is 11.6. The molecule has 0 saturated heterocycles. The lowest BCUT2D eigenvalue weighted by Gasteiger charge is -2.12. The van der Waals surface area contributed by atoms with Crippen LogP contribution >= 0.6 is 15.9 Å². The largest absolute Gasteiger partial charge is 0.467 e. The van der Waals surface area contributed by atoms with Gasteiger partial charge in [0.25, 0.3) is 5.91 Å². The summed E-state index contributed by atoms with van der Waals surface area (Å²) in [5, 5.41) is 11.7. The minimum absolute atomic E-state index is 0.0960. The van der Waals surface area contributed by atoms with Crippen molar-refractivity contribution < 1.29 is 9.53 Å². The third-order valence-electron chi connectivity index (χ3n) is 2.61. The van der Waals surface area contributed by atoms with Crippen LogP contribution in [0.1, 0.15) is 31.5 Å². The van der Waals surface area contributed by atoms with Crippen LogP contribution in [0.2, 0.25) is 0 Å². The van der Waals surface area contributed by atoms with Gasteiger partial charge in [-0.05, 0) is 42.3 Å². The smallest absolute Gasteiger partial charge is 0.258 e. The number of rotatable bonds is 5. The maximum Gasteiger partial charge on any atom is 0.258 e. The summed E-state index contributed by atoms with van der Waals surface area (Å²) in [4.78, 5) is 15.7. The van der Waals surface area contributed by atoms with Crippen LogP contribution in [0, 0.1) is 18.3 Å². The second-order valence-electron chi connectivity index (χ2n) is 4.19. The van der Waals surface area contributed by atoms with E-state index < -0.39 is 0 Å². The molecule has 0 aliphatic carbocycles. The van der Waals surface area contributed by atoms with Gasteiger partial charge in [-0.15, -0.1) is 0 Å². The average Bonchev–Trinajstić information content (AvgIpc) is 2.39. The first-order valence-electron chi connectivity index (χ1n) is 5.97. The van der Waals surface area contributed by atoms with Gasteiger partial charge in [-0.2, -0.15) is 5.26 Å². The number of carbonyl (C=O) groups excluding carboxylic acids is 1. The lowest BCUT2D eigenvalue weighted by molar-refractivity contribution is -0.123.